The van der Waals surface area contributed by atoms with Crippen LogP contribution in [-0.2, 0) is 11.2 Å². The second kappa shape index (κ2) is 10.3. The van der Waals surface area contributed by atoms with E-state index in [9.17, 15) is 0 Å². The van der Waals surface area contributed by atoms with Crippen molar-refractivity contribution in [2.45, 2.75) is 33.2 Å². The van der Waals surface area contributed by atoms with Crippen LogP contribution in [0.1, 0.15) is 37.9 Å². The van der Waals surface area contributed by atoms with E-state index in [1.807, 2.05) is 11.8 Å². The van der Waals surface area contributed by atoms with Crippen molar-refractivity contribution in [2.24, 2.45) is 5.92 Å². The summed E-state index contributed by atoms with van der Waals surface area (Å²) in [4.78, 5) is 0. The highest BCUT2D eigenvalue weighted by atomic mass is 32.2. The summed E-state index contributed by atoms with van der Waals surface area (Å²) in [7, 11) is 1.76. The molecule has 1 rings (SSSR count). The monoisotopic (exact) mass is 295 g/mol. The molecule has 0 spiro atoms. The molecule has 2 nitrogen and oxygen atoms in total. The minimum absolute atomic E-state index is 0.440. The molecule has 20 heavy (non-hydrogen) atoms. The summed E-state index contributed by atoms with van der Waals surface area (Å²) in [5, 5.41) is 3.57. The average molecular weight is 295 g/mol. The molecule has 0 saturated heterocycles. The van der Waals surface area contributed by atoms with Gasteiger partial charge in [-0.25, -0.2) is 0 Å². The first-order valence-corrected chi connectivity index (χ1v) is 8.71. The Balaban J connectivity index is 2.56. The molecule has 0 bridgehead atoms. The summed E-state index contributed by atoms with van der Waals surface area (Å²) in [6.45, 7) is 8.53. The summed E-state index contributed by atoms with van der Waals surface area (Å²) < 4.78 is 5.10. The Morgan fingerprint density at radius 3 is 2.45 bits per heavy atom. The molecule has 1 unspecified atom stereocenters. The fourth-order valence-electron chi connectivity index (χ4n) is 2.22. The minimum Gasteiger partial charge on any atom is -0.384 e. The van der Waals surface area contributed by atoms with Gasteiger partial charge in [-0.05, 0) is 30.0 Å². The van der Waals surface area contributed by atoms with E-state index in [0.717, 1.165) is 37.0 Å². The molecule has 0 aromatic heterocycles. The third-order valence-corrected chi connectivity index (χ3v) is 4.22. The van der Waals surface area contributed by atoms with Gasteiger partial charge in [-0.1, -0.05) is 45.0 Å². The van der Waals surface area contributed by atoms with Crippen LogP contribution in [0.4, 0.5) is 0 Å². The largest absolute Gasteiger partial charge is 0.384 e. The van der Waals surface area contributed by atoms with Crippen molar-refractivity contribution in [3.05, 3.63) is 35.4 Å². The van der Waals surface area contributed by atoms with Gasteiger partial charge in [0.25, 0.3) is 0 Å². The predicted octanol–water partition coefficient (Wildman–Crippen LogP) is 3.92. The van der Waals surface area contributed by atoms with Crippen molar-refractivity contribution < 1.29 is 4.74 Å². The molecule has 0 aliphatic rings. The number of hydrogen-bond acceptors (Lipinski definition) is 3. The van der Waals surface area contributed by atoms with E-state index in [1.165, 1.54) is 11.1 Å². The van der Waals surface area contributed by atoms with Crippen molar-refractivity contribution in [1.82, 2.24) is 5.32 Å². The fourth-order valence-corrected chi connectivity index (χ4v) is 3.22. The van der Waals surface area contributed by atoms with Crippen molar-refractivity contribution in [3.63, 3.8) is 0 Å². The lowest BCUT2D eigenvalue weighted by Crippen LogP contribution is -2.23. The summed E-state index contributed by atoms with van der Waals surface area (Å²) in [6.07, 6.45) is 1.16. The number of nitrogens with one attached hydrogen (secondary N) is 1. The zero-order chi connectivity index (χ0) is 14.8. The molecule has 0 aliphatic carbocycles. The Kier molecular flexibility index (Phi) is 8.99. The van der Waals surface area contributed by atoms with Crippen LogP contribution in [0.2, 0.25) is 0 Å². The van der Waals surface area contributed by atoms with E-state index in [4.69, 9.17) is 4.74 Å². The highest BCUT2D eigenvalue weighted by Gasteiger charge is 2.10. The number of hydrogen-bond donors (Lipinski definition) is 1. The number of benzene rings is 1. The Morgan fingerprint density at radius 2 is 1.90 bits per heavy atom. The lowest BCUT2D eigenvalue weighted by Gasteiger charge is -2.18. The van der Waals surface area contributed by atoms with Crippen LogP contribution in [0.3, 0.4) is 0 Å². The second-order valence-corrected chi connectivity index (χ2v) is 6.67. The number of rotatable bonds is 10. The standard InChI is InChI=1S/C17H29NOS/c1-5-18-17(13-20-11-10-19-4)16-8-6-15(7-9-16)12-14(2)3/h6-9,14,17-18H,5,10-13H2,1-4H3. The maximum atomic E-state index is 5.10. The van der Waals surface area contributed by atoms with Gasteiger partial charge in [-0.3, -0.25) is 0 Å². The van der Waals surface area contributed by atoms with Crippen molar-refractivity contribution >= 4 is 11.8 Å². The van der Waals surface area contributed by atoms with Crippen LogP contribution in [-0.4, -0.2) is 31.8 Å². The van der Waals surface area contributed by atoms with Crippen LogP contribution >= 0.6 is 11.8 Å². The summed E-state index contributed by atoms with van der Waals surface area (Å²) in [5.41, 5.74) is 2.83. The Morgan fingerprint density at radius 1 is 1.20 bits per heavy atom. The zero-order valence-corrected chi connectivity index (χ0v) is 14.1. The van der Waals surface area contributed by atoms with Gasteiger partial charge in [0.2, 0.25) is 0 Å². The minimum atomic E-state index is 0.440. The van der Waals surface area contributed by atoms with Gasteiger partial charge in [-0.2, -0.15) is 11.8 Å². The SMILES string of the molecule is CCNC(CSCCOC)c1ccc(CC(C)C)cc1. The van der Waals surface area contributed by atoms with E-state index < -0.39 is 0 Å². The van der Waals surface area contributed by atoms with E-state index >= 15 is 0 Å². The molecule has 0 heterocycles. The van der Waals surface area contributed by atoms with Gasteiger partial charge < -0.3 is 10.1 Å². The molecule has 0 saturated carbocycles. The molecule has 0 radical (unpaired) electrons. The van der Waals surface area contributed by atoms with Crippen LogP contribution in [0, 0.1) is 5.92 Å². The topological polar surface area (TPSA) is 21.3 Å². The lowest BCUT2D eigenvalue weighted by molar-refractivity contribution is 0.218. The van der Waals surface area contributed by atoms with E-state index in [2.05, 4.69) is 50.4 Å². The fraction of sp³-hybridized carbons (Fsp3) is 0.647. The summed E-state index contributed by atoms with van der Waals surface area (Å²) >= 11 is 1.95. The van der Waals surface area contributed by atoms with E-state index in [-0.39, 0.29) is 0 Å². The van der Waals surface area contributed by atoms with Crippen LogP contribution in [0.15, 0.2) is 24.3 Å². The van der Waals surface area contributed by atoms with Gasteiger partial charge in [0.05, 0.1) is 6.61 Å². The third-order valence-electron chi connectivity index (χ3n) is 3.19. The molecule has 3 heteroatoms. The molecular weight excluding hydrogens is 266 g/mol. The molecule has 114 valence electrons. The third kappa shape index (κ3) is 6.78. The molecule has 1 N–H and O–H groups in total. The smallest absolute Gasteiger partial charge is 0.0552 e. The molecule has 0 fully saturated rings. The molecule has 1 aromatic carbocycles. The van der Waals surface area contributed by atoms with Crippen molar-refractivity contribution in [3.8, 4) is 0 Å². The molecule has 0 aliphatic heterocycles. The Hall–Kier alpha value is -0.510. The highest BCUT2D eigenvalue weighted by molar-refractivity contribution is 7.99. The first kappa shape index (κ1) is 17.5. The first-order chi connectivity index (χ1) is 9.67. The molecule has 1 aromatic rings. The normalized spacial score (nSPS) is 12.8. The van der Waals surface area contributed by atoms with Gasteiger partial charge in [0, 0.05) is 24.7 Å². The van der Waals surface area contributed by atoms with Gasteiger partial charge in [0.1, 0.15) is 0 Å². The lowest BCUT2D eigenvalue weighted by atomic mass is 10.00. The van der Waals surface area contributed by atoms with Gasteiger partial charge >= 0.3 is 0 Å². The number of ether oxygens (including phenoxy) is 1. The quantitative estimate of drug-likeness (QED) is 0.661. The Bertz CT molecular complexity index is 351. The predicted molar refractivity (Wildman–Crippen MR) is 90.6 cm³/mol. The van der Waals surface area contributed by atoms with Gasteiger partial charge in [-0.15, -0.1) is 0 Å². The first-order valence-electron chi connectivity index (χ1n) is 7.56. The van der Waals surface area contributed by atoms with E-state index in [1.54, 1.807) is 7.11 Å². The maximum Gasteiger partial charge on any atom is 0.0552 e. The van der Waals surface area contributed by atoms with Crippen LogP contribution < -0.4 is 5.32 Å². The van der Waals surface area contributed by atoms with Crippen molar-refractivity contribution in [2.75, 3.05) is 31.8 Å². The summed E-state index contributed by atoms with van der Waals surface area (Å²) in [6, 6.07) is 9.55. The molecular formula is C17H29NOS. The van der Waals surface area contributed by atoms with Crippen LogP contribution in [0.25, 0.3) is 0 Å². The number of methoxy groups -OCH3 is 1. The molecule has 1 atom stereocenters. The average Bonchev–Trinajstić information content (AvgIpc) is 2.43. The van der Waals surface area contributed by atoms with Gasteiger partial charge in [0.15, 0.2) is 0 Å². The second-order valence-electron chi connectivity index (χ2n) is 5.52. The Labute approximate surface area is 128 Å². The van der Waals surface area contributed by atoms with Crippen molar-refractivity contribution in [1.29, 1.82) is 0 Å². The maximum absolute atomic E-state index is 5.10. The van der Waals surface area contributed by atoms with Crippen LogP contribution in [0.5, 0.6) is 0 Å². The van der Waals surface area contributed by atoms with E-state index in [0.29, 0.717) is 6.04 Å². The zero-order valence-electron chi connectivity index (χ0n) is 13.3. The summed E-state index contributed by atoms with van der Waals surface area (Å²) in [5.74, 6) is 2.87. The number of thioether (sulfide) groups is 1. The molecule has 0 amide bonds. The highest BCUT2D eigenvalue weighted by Crippen LogP contribution is 2.20.